The molecule has 0 aromatic heterocycles. The Hall–Kier alpha value is -1.70. The van der Waals surface area contributed by atoms with E-state index in [9.17, 15) is 10.2 Å². The van der Waals surface area contributed by atoms with E-state index in [-0.39, 0.29) is 38.8 Å². The molecule has 2 aromatic carbocycles. The SMILES string of the molecule is Oc1ccccc1/C=N\N=C\c1ccccc1O.[Cd]. The Morgan fingerprint density at radius 2 is 1.05 bits per heavy atom. The van der Waals surface area contributed by atoms with Gasteiger partial charge in [-0.3, -0.25) is 0 Å². The van der Waals surface area contributed by atoms with Crippen molar-refractivity contribution in [2.24, 2.45) is 10.2 Å². The smallest absolute Gasteiger partial charge is 0.124 e. The first-order valence-electron chi connectivity index (χ1n) is 5.40. The number of hydrogen-bond donors (Lipinski definition) is 2. The molecule has 0 fully saturated rings. The molecule has 0 aliphatic rings. The van der Waals surface area contributed by atoms with Crippen LogP contribution < -0.4 is 0 Å². The molecular weight excluding hydrogens is 341 g/mol. The van der Waals surface area contributed by atoms with Gasteiger partial charge in [0.1, 0.15) is 11.5 Å². The molecule has 0 aliphatic carbocycles. The first kappa shape index (κ1) is 15.4. The molecular formula is C14H12CdN2O2. The van der Waals surface area contributed by atoms with Crippen LogP contribution in [0.2, 0.25) is 0 Å². The monoisotopic (exact) mass is 354 g/mol. The van der Waals surface area contributed by atoms with Crippen LogP contribution in [0.4, 0.5) is 0 Å². The van der Waals surface area contributed by atoms with Crippen LogP contribution in [-0.2, 0) is 27.3 Å². The second-order valence-electron chi connectivity index (χ2n) is 3.61. The number of hydrogen-bond acceptors (Lipinski definition) is 4. The number of aromatic hydroxyl groups is 2. The van der Waals surface area contributed by atoms with Gasteiger partial charge in [0.25, 0.3) is 0 Å². The largest absolute Gasteiger partial charge is 0.507 e. The van der Waals surface area contributed by atoms with Crippen LogP contribution >= 0.6 is 0 Å². The average Bonchev–Trinajstić information content (AvgIpc) is 2.38. The summed E-state index contributed by atoms with van der Waals surface area (Å²) in [5, 5.41) is 26.6. The van der Waals surface area contributed by atoms with Gasteiger partial charge < -0.3 is 10.2 Å². The van der Waals surface area contributed by atoms with Gasteiger partial charge in [-0.2, -0.15) is 10.2 Å². The summed E-state index contributed by atoms with van der Waals surface area (Å²) in [6, 6.07) is 13.7. The van der Waals surface area contributed by atoms with E-state index >= 15 is 0 Å². The molecule has 5 heteroatoms. The first-order valence-corrected chi connectivity index (χ1v) is 5.40. The summed E-state index contributed by atoms with van der Waals surface area (Å²) in [4.78, 5) is 0. The molecule has 0 aliphatic heterocycles. The molecule has 0 radical (unpaired) electrons. The number of nitrogens with zero attached hydrogens (tertiary/aromatic N) is 2. The number of phenolic OH excluding ortho intramolecular Hbond substituents is 2. The van der Waals surface area contributed by atoms with Crippen molar-refractivity contribution in [2.45, 2.75) is 0 Å². The Balaban J connectivity index is 0.00000180. The van der Waals surface area contributed by atoms with Crippen LogP contribution in [0.3, 0.4) is 0 Å². The zero-order chi connectivity index (χ0) is 12.8. The third-order valence-corrected chi connectivity index (χ3v) is 2.33. The van der Waals surface area contributed by atoms with Crippen LogP contribution in [-0.4, -0.2) is 22.6 Å². The molecule has 2 N–H and O–H groups in total. The van der Waals surface area contributed by atoms with Crippen LogP contribution in [0.15, 0.2) is 58.7 Å². The minimum atomic E-state index is 0. The summed E-state index contributed by atoms with van der Waals surface area (Å²) in [6.07, 6.45) is 2.90. The van der Waals surface area contributed by atoms with E-state index in [1.165, 1.54) is 12.4 Å². The van der Waals surface area contributed by atoms with E-state index < -0.39 is 0 Å². The third-order valence-electron chi connectivity index (χ3n) is 2.33. The number of benzene rings is 2. The molecule has 0 saturated heterocycles. The van der Waals surface area contributed by atoms with E-state index in [1.807, 2.05) is 0 Å². The van der Waals surface area contributed by atoms with E-state index in [1.54, 1.807) is 48.5 Å². The Morgan fingerprint density at radius 3 is 1.42 bits per heavy atom. The van der Waals surface area contributed by atoms with Crippen LogP contribution in [0.1, 0.15) is 11.1 Å². The maximum atomic E-state index is 9.49. The normalized spacial score (nSPS) is 10.7. The Kier molecular flexibility index (Phi) is 6.20. The van der Waals surface area contributed by atoms with Crippen molar-refractivity contribution < 1.29 is 37.5 Å². The van der Waals surface area contributed by atoms with Gasteiger partial charge in [0.15, 0.2) is 0 Å². The third kappa shape index (κ3) is 4.47. The first-order chi connectivity index (χ1) is 8.77. The molecule has 2 aromatic rings. The second-order valence-corrected chi connectivity index (χ2v) is 3.61. The quantitative estimate of drug-likeness (QED) is 0.506. The van der Waals surface area contributed by atoms with E-state index in [2.05, 4.69) is 10.2 Å². The summed E-state index contributed by atoms with van der Waals surface area (Å²) in [5.74, 6) is 0.304. The fraction of sp³-hybridized carbons (Fsp3) is 0. The number of para-hydroxylation sites is 2. The Bertz CT molecular complexity index is 544. The molecule has 0 spiro atoms. The molecule has 92 valence electrons. The summed E-state index contributed by atoms with van der Waals surface area (Å²) in [5.41, 5.74) is 1.18. The Labute approximate surface area is 131 Å². The van der Waals surface area contributed by atoms with Crippen molar-refractivity contribution in [1.82, 2.24) is 0 Å². The molecule has 19 heavy (non-hydrogen) atoms. The van der Waals surface area contributed by atoms with Crippen molar-refractivity contribution in [2.75, 3.05) is 0 Å². The van der Waals surface area contributed by atoms with Crippen molar-refractivity contribution in [3.8, 4) is 11.5 Å². The predicted molar refractivity (Wildman–Crippen MR) is 71.4 cm³/mol. The zero-order valence-corrected chi connectivity index (χ0v) is 14.3. The Morgan fingerprint density at radius 1 is 0.684 bits per heavy atom. The van der Waals surface area contributed by atoms with Crippen molar-refractivity contribution in [3.05, 3.63) is 59.7 Å². The number of phenols is 2. The average molecular weight is 353 g/mol. The molecule has 4 nitrogen and oxygen atoms in total. The van der Waals surface area contributed by atoms with E-state index in [0.29, 0.717) is 11.1 Å². The van der Waals surface area contributed by atoms with Gasteiger partial charge in [-0.25, -0.2) is 0 Å². The molecule has 0 heterocycles. The fourth-order valence-electron chi connectivity index (χ4n) is 1.38. The number of rotatable bonds is 3. The van der Waals surface area contributed by atoms with Gasteiger partial charge in [-0.1, -0.05) is 24.3 Å². The van der Waals surface area contributed by atoms with Crippen LogP contribution in [0.25, 0.3) is 0 Å². The van der Waals surface area contributed by atoms with Crippen molar-refractivity contribution >= 4 is 12.4 Å². The summed E-state index contributed by atoms with van der Waals surface area (Å²) >= 11 is 0. The molecule has 0 atom stereocenters. The summed E-state index contributed by atoms with van der Waals surface area (Å²) in [6.45, 7) is 0. The minimum absolute atomic E-state index is 0. The van der Waals surface area contributed by atoms with Gasteiger partial charge in [-0.05, 0) is 24.3 Å². The van der Waals surface area contributed by atoms with Crippen LogP contribution in [0.5, 0.6) is 11.5 Å². The van der Waals surface area contributed by atoms with Crippen molar-refractivity contribution in [1.29, 1.82) is 0 Å². The van der Waals surface area contributed by atoms with Gasteiger partial charge in [0.05, 0.1) is 12.4 Å². The van der Waals surface area contributed by atoms with Gasteiger partial charge in [0, 0.05) is 38.4 Å². The van der Waals surface area contributed by atoms with E-state index in [0.717, 1.165) is 0 Å². The standard InChI is InChI=1S/C14H12N2O2.Cd/c17-13-7-3-1-5-11(13)9-15-16-10-12-6-2-4-8-14(12)18;/h1-10,17-18H;/b15-9-,16-10+;. The minimum Gasteiger partial charge on any atom is -0.507 e. The molecule has 2 rings (SSSR count). The van der Waals surface area contributed by atoms with E-state index in [4.69, 9.17) is 0 Å². The summed E-state index contributed by atoms with van der Waals surface area (Å²) < 4.78 is 0. The van der Waals surface area contributed by atoms with Crippen LogP contribution in [0, 0.1) is 0 Å². The molecule has 0 bridgehead atoms. The zero-order valence-electron chi connectivity index (χ0n) is 10.3. The predicted octanol–water partition coefficient (Wildman–Crippen LogP) is 2.55. The summed E-state index contributed by atoms with van der Waals surface area (Å²) in [7, 11) is 0. The molecule has 0 saturated carbocycles. The van der Waals surface area contributed by atoms with Gasteiger partial charge >= 0.3 is 0 Å². The van der Waals surface area contributed by atoms with Gasteiger partial charge in [-0.15, -0.1) is 0 Å². The second kappa shape index (κ2) is 7.67. The molecule has 0 unspecified atom stereocenters. The van der Waals surface area contributed by atoms with Crippen molar-refractivity contribution in [3.63, 3.8) is 0 Å². The van der Waals surface area contributed by atoms with Gasteiger partial charge in [0.2, 0.25) is 0 Å². The topological polar surface area (TPSA) is 65.2 Å². The maximum Gasteiger partial charge on any atom is 0.124 e. The maximum absolute atomic E-state index is 9.49. The molecule has 0 amide bonds. The fourth-order valence-corrected chi connectivity index (χ4v) is 1.38.